The van der Waals surface area contributed by atoms with E-state index in [1.54, 1.807) is 0 Å². The molecule has 0 saturated carbocycles. The van der Waals surface area contributed by atoms with Crippen LogP contribution in [0.25, 0.3) is 0 Å². The first-order valence-electron chi connectivity index (χ1n) is 5.08. The van der Waals surface area contributed by atoms with Gasteiger partial charge in [0.05, 0.1) is 7.11 Å². The molecule has 0 radical (unpaired) electrons. The van der Waals surface area contributed by atoms with E-state index in [2.05, 4.69) is 0 Å². The Hall–Kier alpha value is -1.20. The Labute approximate surface area is 93.4 Å². The SMILES string of the molecule is COc1cc(F)c([C@H](N)CCCN)c(F)c1. The highest BCUT2D eigenvalue weighted by Crippen LogP contribution is 2.26. The number of hydrogen-bond donors (Lipinski definition) is 2. The van der Waals surface area contributed by atoms with Crippen LogP contribution in [-0.4, -0.2) is 13.7 Å². The molecule has 4 N–H and O–H groups in total. The van der Waals surface area contributed by atoms with Gasteiger partial charge < -0.3 is 16.2 Å². The van der Waals surface area contributed by atoms with Crippen molar-refractivity contribution in [2.24, 2.45) is 11.5 Å². The summed E-state index contributed by atoms with van der Waals surface area (Å²) in [7, 11) is 1.35. The molecule has 0 aromatic heterocycles. The van der Waals surface area contributed by atoms with Crippen molar-refractivity contribution in [2.45, 2.75) is 18.9 Å². The van der Waals surface area contributed by atoms with Gasteiger partial charge >= 0.3 is 0 Å². The quantitative estimate of drug-likeness (QED) is 0.809. The van der Waals surface area contributed by atoms with Crippen molar-refractivity contribution < 1.29 is 13.5 Å². The zero-order valence-corrected chi connectivity index (χ0v) is 9.17. The molecule has 3 nitrogen and oxygen atoms in total. The lowest BCUT2D eigenvalue weighted by atomic mass is 10.0. The molecule has 0 fully saturated rings. The summed E-state index contributed by atoms with van der Waals surface area (Å²) in [6.45, 7) is 0.451. The van der Waals surface area contributed by atoms with Gasteiger partial charge in [-0.25, -0.2) is 8.78 Å². The maximum Gasteiger partial charge on any atom is 0.134 e. The number of nitrogens with two attached hydrogens (primary N) is 2. The molecule has 0 unspecified atom stereocenters. The fourth-order valence-corrected chi connectivity index (χ4v) is 1.52. The highest BCUT2D eigenvalue weighted by molar-refractivity contribution is 5.32. The summed E-state index contributed by atoms with van der Waals surface area (Å²) in [5, 5.41) is 0. The van der Waals surface area contributed by atoms with E-state index in [-0.39, 0.29) is 11.3 Å². The van der Waals surface area contributed by atoms with Crippen molar-refractivity contribution in [1.82, 2.24) is 0 Å². The molecule has 0 spiro atoms. The fraction of sp³-hybridized carbons (Fsp3) is 0.455. The van der Waals surface area contributed by atoms with Gasteiger partial charge in [-0.3, -0.25) is 0 Å². The summed E-state index contributed by atoms with van der Waals surface area (Å²) < 4.78 is 31.8. The fourth-order valence-electron chi connectivity index (χ4n) is 1.52. The average Bonchev–Trinajstić information content (AvgIpc) is 2.25. The summed E-state index contributed by atoms with van der Waals surface area (Å²) in [6, 6.07) is 1.58. The third-order valence-electron chi connectivity index (χ3n) is 2.38. The Balaban J connectivity index is 2.95. The third kappa shape index (κ3) is 2.90. The minimum absolute atomic E-state index is 0.103. The van der Waals surface area contributed by atoms with Gasteiger partial charge in [-0.2, -0.15) is 0 Å². The minimum atomic E-state index is -0.679. The highest BCUT2D eigenvalue weighted by Gasteiger charge is 2.17. The zero-order valence-electron chi connectivity index (χ0n) is 9.17. The number of ether oxygens (including phenoxy) is 1. The molecule has 0 heterocycles. The van der Waals surface area contributed by atoms with E-state index < -0.39 is 17.7 Å². The molecule has 0 aliphatic heterocycles. The predicted molar refractivity (Wildman–Crippen MR) is 58.1 cm³/mol. The maximum absolute atomic E-state index is 13.5. The van der Waals surface area contributed by atoms with E-state index in [1.165, 1.54) is 7.11 Å². The summed E-state index contributed by atoms with van der Waals surface area (Å²) in [6.07, 6.45) is 1.09. The Morgan fingerprint density at radius 3 is 2.31 bits per heavy atom. The van der Waals surface area contributed by atoms with Gasteiger partial charge in [0.2, 0.25) is 0 Å². The summed E-state index contributed by atoms with van der Waals surface area (Å²) in [5.41, 5.74) is 10.9. The van der Waals surface area contributed by atoms with E-state index in [4.69, 9.17) is 16.2 Å². The van der Waals surface area contributed by atoms with E-state index >= 15 is 0 Å². The number of benzene rings is 1. The molecular formula is C11H16F2N2O. The van der Waals surface area contributed by atoms with Gasteiger partial charge in [-0.1, -0.05) is 0 Å². The second-order valence-corrected chi connectivity index (χ2v) is 3.54. The van der Waals surface area contributed by atoms with Gasteiger partial charge in [0.1, 0.15) is 17.4 Å². The molecule has 1 rings (SSSR count). The minimum Gasteiger partial charge on any atom is -0.497 e. The summed E-state index contributed by atoms with van der Waals surface area (Å²) in [5.74, 6) is -1.22. The molecule has 0 saturated heterocycles. The lowest BCUT2D eigenvalue weighted by Gasteiger charge is -2.14. The Bertz CT molecular complexity index is 335. The molecule has 0 bridgehead atoms. The first kappa shape index (κ1) is 12.9. The number of halogens is 2. The topological polar surface area (TPSA) is 61.3 Å². The smallest absolute Gasteiger partial charge is 0.134 e. The Morgan fingerprint density at radius 2 is 1.88 bits per heavy atom. The lowest BCUT2D eigenvalue weighted by molar-refractivity contribution is 0.403. The number of rotatable bonds is 5. The molecule has 5 heteroatoms. The molecule has 0 amide bonds. The van der Waals surface area contributed by atoms with Crippen LogP contribution < -0.4 is 16.2 Å². The lowest BCUT2D eigenvalue weighted by Crippen LogP contribution is -2.16. The van der Waals surface area contributed by atoms with E-state index in [0.717, 1.165) is 12.1 Å². The Morgan fingerprint density at radius 1 is 1.31 bits per heavy atom. The van der Waals surface area contributed by atoms with Crippen molar-refractivity contribution in [3.8, 4) is 5.75 Å². The van der Waals surface area contributed by atoms with Crippen molar-refractivity contribution in [2.75, 3.05) is 13.7 Å². The predicted octanol–water partition coefficient (Wildman–Crippen LogP) is 1.71. The first-order chi connectivity index (χ1) is 7.60. The normalized spacial score (nSPS) is 12.6. The van der Waals surface area contributed by atoms with Crippen LogP contribution >= 0.6 is 0 Å². The second kappa shape index (κ2) is 5.77. The van der Waals surface area contributed by atoms with E-state index in [9.17, 15) is 8.78 Å². The summed E-state index contributed by atoms with van der Waals surface area (Å²) >= 11 is 0. The average molecular weight is 230 g/mol. The molecule has 90 valence electrons. The van der Waals surface area contributed by atoms with Gasteiger partial charge in [0, 0.05) is 23.7 Å². The van der Waals surface area contributed by atoms with Crippen molar-refractivity contribution in [3.05, 3.63) is 29.3 Å². The number of methoxy groups -OCH3 is 1. The van der Waals surface area contributed by atoms with Crippen LogP contribution in [0.15, 0.2) is 12.1 Å². The largest absolute Gasteiger partial charge is 0.497 e. The second-order valence-electron chi connectivity index (χ2n) is 3.54. The van der Waals surface area contributed by atoms with Crippen molar-refractivity contribution in [3.63, 3.8) is 0 Å². The maximum atomic E-state index is 13.5. The molecule has 1 atom stereocenters. The van der Waals surface area contributed by atoms with Crippen LogP contribution in [0, 0.1) is 11.6 Å². The molecule has 1 aromatic rings. The van der Waals surface area contributed by atoms with Gasteiger partial charge in [0.25, 0.3) is 0 Å². The summed E-state index contributed by atoms with van der Waals surface area (Å²) in [4.78, 5) is 0. The van der Waals surface area contributed by atoms with E-state index in [0.29, 0.717) is 19.4 Å². The van der Waals surface area contributed by atoms with Crippen LogP contribution in [0.1, 0.15) is 24.4 Å². The van der Waals surface area contributed by atoms with Crippen LogP contribution in [0.3, 0.4) is 0 Å². The van der Waals surface area contributed by atoms with Crippen LogP contribution in [0.4, 0.5) is 8.78 Å². The highest BCUT2D eigenvalue weighted by atomic mass is 19.1. The van der Waals surface area contributed by atoms with Gasteiger partial charge in [-0.15, -0.1) is 0 Å². The van der Waals surface area contributed by atoms with Gasteiger partial charge in [0.15, 0.2) is 0 Å². The molecule has 0 aliphatic carbocycles. The standard InChI is InChI=1S/C11H16F2N2O/c1-16-7-5-8(12)11(9(13)6-7)10(15)3-2-4-14/h5-6,10H,2-4,14-15H2,1H3/t10-/m1/s1. The molecule has 1 aromatic carbocycles. The van der Waals surface area contributed by atoms with Gasteiger partial charge in [-0.05, 0) is 19.4 Å². The van der Waals surface area contributed by atoms with Crippen LogP contribution in [-0.2, 0) is 0 Å². The van der Waals surface area contributed by atoms with Crippen molar-refractivity contribution in [1.29, 1.82) is 0 Å². The number of hydrogen-bond acceptors (Lipinski definition) is 3. The van der Waals surface area contributed by atoms with Crippen molar-refractivity contribution >= 4 is 0 Å². The van der Waals surface area contributed by atoms with Crippen LogP contribution in [0.2, 0.25) is 0 Å². The first-order valence-corrected chi connectivity index (χ1v) is 5.08. The zero-order chi connectivity index (χ0) is 12.1. The Kier molecular flexibility index (Phi) is 4.64. The third-order valence-corrected chi connectivity index (χ3v) is 2.38. The molecular weight excluding hydrogens is 214 g/mol. The van der Waals surface area contributed by atoms with E-state index in [1.807, 2.05) is 0 Å². The molecule has 0 aliphatic rings. The molecule has 16 heavy (non-hydrogen) atoms. The van der Waals surface area contributed by atoms with Crippen LogP contribution in [0.5, 0.6) is 5.75 Å². The monoisotopic (exact) mass is 230 g/mol.